The zero-order chi connectivity index (χ0) is 14.7. The lowest BCUT2D eigenvalue weighted by Crippen LogP contribution is -2.07. The molecule has 0 spiro atoms. The van der Waals surface area contributed by atoms with Crippen LogP contribution in [-0.4, -0.2) is 33.4 Å². The minimum atomic E-state index is 0.485. The molecule has 1 fully saturated rings. The lowest BCUT2D eigenvalue weighted by Gasteiger charge is -2.08. The van der Waals surface area contributed by atoms with Gasteiger partial charge in [0.2, 0.25) is 0 Å². The van der Waals surface area contributed by atoms with Crippen molar-refractivity contribution in [2.75, 3.05) is 18.9 Å². The number of benzene rings is 1. The first-order valence-electron chi connectivity index (χ1n) is 7.14. The third-order valence-corrected chi connectivity index (χ3v) is 3.93. The van der Waals surface area contributed by atoms with Gasteiger partial charge in [-0.3, -0.25) is 0 Å². The van der Waals surface area contributed by atoms with Crippen molar-refractivity contribution in [1.82, 2.24) is 20.2 Å². The molecule has 1 aliphatic carbocycles. The lowest BCUT2D eigenvalue weighted by atomic mass is 10.2. The van der Waals surface area contributed by atoms with Crippen molar-refractivity contribution in [3.05, 3.63) is 23.2 Å². The minimum Gasteiger partial charge on any atom is -0.398 e. The van der Waals surface area contributed by atoms with Crippen LogP contribution in [0.15, 0.2) is 18.2 Å². The van der Waals surface area contributed by atoms with E-state index in [9.17, 15) is 0 Å². The summed E-state index contributed by atoms with van der Waals surface area (Å²) in [5.41, 5.74) is 7.10. The van der Waals surface area contributed by atoms with Crippen molar-refractivity contribution >= 4 is 17.3 Å². The zero-order valence-electron chi connectivity index (χ0n) is 11.7. The SMILES string of the molecule is Nc1cccc(-c2nnnn2CCCOCC2CC2)c1Cl. The van der Waals surface area contributed by atoms with Crippen molar-refractivity contribution in [2.45, 2.75) is 25.8 Å². The average Bonchev–Trinajstić information content (AvgIpc) is 3.19. The highest BCUT2D eigenvalue weighted by Gasteiger charge is 2.21. The van der Waals surface area contributed by atoms with Crippen molar-refractivity contribution in [3.63, 3.8) is 0 Å². The van der Waals surface area contributed by atoms with Crippen LogP contribution in [-0.2, 0) is 11.3 Å². The molecule has 0 radical (unpaired) electrons. The molecule has 1 aromatic heterocycles. The van der Waals surface area contributed by atoms with Gasteiger partial charge < -0.3 is 10.5 Å². The van der Waals surface area contributed by atoms with E-state index in [2.05, 4.69) is 15.5 Å². The molecule has 0 amide bonds. The average molecular weight is 308 g/mol. The summed E-state index contributed by atoms with van der Waals surface area (Å²) in [5.74, 6) is 1.43. The number of aryl methyl sites for hydroxylation is 1. The number of rotatable bonds is 7. The third-order valence-electron chi connectivity index (χ3n) is 3.51. The number of nitrogen functional groups attached to an aromatic ring is 1. The number of hydrogen-bond donors (Lipinski definition) is 1. The van der Waals surface area contributed by atoms with E-state index in [-0.39, 0.29) is 0 Å². The molecule has 2 aromatic rings. The second-order valence-corrected chi connectivity index (χ2v) is 5.68. The van der Waals surface area contributed by atoms with Gasteiger partial charge in [-0.2, -0.15) is 0 Å². The molecule has 0 bridgehead atoms. The quantitative estimate of drug-likeness (QED) is 0.627. The van der Waals surface area contributed by atoms with E-state index in [1.54, 1.807) is 10.7 Å². The summed E-state index contributed by atoms with van der Waals surface area (Å²) >= 11 is 6.22. The van der Waals surface area contributed by atoms with Gasteiger partial charge in [-0.15, -0.1) is 5.10 Å². The zero-order valence-corrected chi connectivity index (χ0v) is 12.5. The van der Waals surface area contributed by atoms with Gasteiger partial charge in [-0.25, -0.2) is 4.68 Å². The summed E-state index contributed by atoms with van der Waals surface area (Å²) in [7, 11) is 0. The summed E-state index contributed by atoms with van der Waals surface area (Å²) in [6, 6.07) is 5.46. The van der Waals surface area contributed by atoms with Crippen LogP contribution >= 0.6 is 11.6 Å². The largest absolute Gasteiger partial charge is 0.398 e. The Balaban J connectivity index is 1.61. The molecule has 1 heterocycles. The van der Waals surface area contributed by atoms with Gasteiger partial charge in [0.05, 0.1) is 10.7 Å². The maximum absolute atomic E-state index is 6.22. The Morgan fingerprint density at radius 2 is 2.24 bits per heavy atom. The Morgan fingerprint density at radius 3 is 3.05 bits per heavy atom. The molecule has 2 N–H and O–H groups in total. The number of halogens is 1. The van der Waals surface area contributed by atoms with Gasteiger partial charge in [-0.05, 0) is 47.7 Å². The first-order valence-corrected chi connectivity index (χ1v) is 7.52. The number of tetrazole rings is 1. The number of nitrogens with two attached hydrogens (primary N) is 1. The second kappa shape index (κ2) is 6.41. The summed E-state index contributed by atoms with van der Waals surface area (Å²) in [4.78, 5) is 0. The second-order valence-electron chi connectivity index (χ2n) is 5.31. The molecule has 0 atom stereocenters. The number of anilines is 1. The topological polar surface area (TPSA) is 78.9 Å². The lowest BCUT2D eigenvalue weighted by molar-refractivity contribution is 0.118. The fraction of sp³-hybridized carbons (Fsp3) is 0.500. The Morgan fingerprint density at radius 1 is 1.38 bits per heavy atom. The Kier molecular flexibility index (Phi) is 4.36. The molecule has 0 unspecified atom stereocenters. The van der Waals surface area contributed by atoms with Crippen LogP contribution < -0.4 is 5.73 Å². The van der Waals surface area contributed by atoms with Crippen molar-refractivity contribution in [2.24, 2.45) is 5.92 Å². The Hall–Kier alpha value is -1.66. The molecular weight excluding hydrogens is 290 g/mol. The van der Waals surface area contributed by atoms with E-state index in [4.69, 9.17) is 22.1 Å². The molecule has 21 heavy (non-hydrogen) atoms. The fourth-order valence-electron chi connectivity index (χ4n) is 2.12. The molecule has 1 aliphatic rings. The number of ether oxygens (including phenoxy) is 1. The summed E-state index contributed by atoms with van der Waals surface area (Å²) in [5, 5.41) is 12.3. The number of aromatic nitrogens is 4. The van der Waals surface area contributed by atoms with E-state index < -0.39 is 0 Å². The molecule has 112 valence electrons. The smallest absolute Gasteiger partial charge is 0.183 e. The molecule has 1 saturated carbocycles. The van der Waals surface area contributed by atoms with Crippen LogP contribution in [0.25, 0.3) is 11.4 Å². The van der Waals surface area contributed by atoms with Crippen molar-refractivity contribution in [1.29, 1.82) is 0 Å². The molecule has 6 nitrogen and oxygen atoms in total. The summed E-state index contributed by atoms with van der Waals surface area (Å²) < 4.78 is 7.35. The normalized spacial score (nSPS) is 14.5. The van der Waals surface area contributed by atoms with Crippen LogP contribution in [0.3, 0.4) is 0 Å². The monoisotopic (exact) mass is 307 g/mol. The summed E-state index contributed by atoms with van der Waals surface area (Å²) in [6.45, 7) is 2.29. The van der Waals surface area contributed by atoms with E-state index >= 15 is 0 Å². The van der Waals surface area contributed by atoms with Crippen LogP contribution in [0.2, 0.25) is 5.02 Å². The van der Waals surface area contributed by atoms with Gasteiger partial charge in [0, 0.05) is 25.3 Å². The fourth-order valence-corrected chi connectivity index (χ4v) is 2.33. The first-order chi connectivity index (χ1) is 10.3. The molecule has 0 aliphatic heterocycles. The Bertz CT molecular complexity index is 611. The van der Waals surface area contributed by atoms with E-state index in [0.29, 0.717) is 23.1 Å². The molecule has 1 aromatic carbocycles. The third kappa shape index (κ3) is 3.51. The summed E-state index contributed by atoms with van der Waals surface area (Å²) in [6.07, 6.45) is 3.49. The first kappa shape index (κ1) is 14.3. The number of nitrogens with zero attached hydrogens (tertiary/aromatic N) is 4. The predicted molar refractivity (Wildman–Crippen MR) is 80.8 cm³/mol. The van der Waals surface area contributed by atoms with E-state index in [0.717, 1.165) is 31.1 Å². The molecule has 0 saturated heterocycles. The van der Waals surface area contributed by atoms with Gasteiger partial charge >= 0.3 is 0 Å². The highest BCUT2D eigenvalue weighted by Crippen LogP contribution is 2.30. The number of hydrogen-bond acceptors (Lipinski definition) is 5. The van der Waals surface area contributed by atoms with Gasteiger partial charge in [-0.1, -0.05) is 17.7 Å². The highest BCUT2D eigenvalue weighted by atomic mass is 35.5. The van der Waals surface area contributed by atoms with Gasteiger partial charge in [0.25, 0.3) is 0 Å². The molecule has 3 rings (SSSR count). The Labute approximate surface area is 128 Å². The van der Waals surface area contributed by atoms with E-state index in [1.165, 1.54) is 12.8 Å². The molecular formula is C14H18ClN5O. The van der Waals surface area contributed by atoms with E-state index in [1.807, 2.05) is 12.1 Å². The maximum atomic E-state index is 6.22. The van der Waals surface area contributed by atoms with Crippen molar-refractivity contribution < 1.29 is 4.74 Å². The highest BCUT2D eigenvalue weighted by molar-refractivity contribution is 6.35. The standard InChI is InChI=1S/C14H18ClN5O/c15-13-11(3-1-4-12(13)16)14-17-18-19-20(14)7-2-8-21-9-10-5-6-10/h1,3-4,10H,2,5-9,16H2. The predicted octanol–water partition coefficient (Wildman–Crippen LogP) is 2.39. The van der Waals surface area contributed by atoms with Gasteiger partial charge in [0.15, 0.2) is 5.82 Å². The maximum Gasteiger partial charge on any atom is 0.183 e. The van der Waals surface area contributed by atoms with Crippen LogP contribution in [0, 0.1) is 5.92 Å². The minimum absolute atomic E-state index is 0.485. The van der Waals surface area contributed by atoms with Crippen LogP contribution in [0.4, 0.5) is 5.69 Å². The van der Waals surface area contributed by atoms with Crippen LogP contribution in [0.5, 0.6) is 0 Å². The molecule has 7 heteroatoms. The van der Waals surface area contributed by atoms with Crippen molar-refractivity contribution in [3.8, 4) is 11.4 Å². The van der Waals surface area contributed by atoms with Crippen LogP contribution in [0.1, 0.15) is 19.3 Å². The van der Waals surface area contributed by atoms with Gasteiger partial charge in [0.1, 0.15) is 0 Å².